The summed E-state index contributed by atoms with van der Waals surface area (Å²) in [5.74, 6) is 0.0764. The lowest BCUT2D eigenvalue weighted by Crippen LogP contribution is -3.13. The van der Waals surface area contributed by atoms with Crippen molar-refractivity contribution in [3.63, 3.8) is 0 Å². The SMILES string of the molecule is O=C(c1cncc(Br)c1)N1CC[NH+](Cc2ccccc2)CC1. The summed E-state index contributed by atoms with van der Waals surface area (Å²) in [5, 5.41) is 0. The Morgan fingerprint density at radius 1 is 1.18 bits per heavy atom. The van der Waals surface area contributed by atoms with Crippen LogP contribution in [0.5, 0.6) is 0 Å². The number of pyridine rings is 1. The molecule has 2 aromatic rings. The zero-order chi connectivity index (χ0) is 15.4. The molecule has 114 valence electrons. The van der Waals surface area contributed by atoms with E-state index < -0.39 is 0 Å². The third-order valence-electron chi connectivity index (χ3n) is 4.01. The summed E-state index contributed by atoms with van der Waals surface area (Å²) in [6.45, 7) is 4.60. The number of rotatable bonds is 3. The van der Waals surface area contributed by atoms with Gasteiger partial charge in [-0.15, -0.1) is 0 Å². The van der Waals surface area contributed by atoms with Crippen molar-refractivity contribution in [2.24, 2.45) is 0 Å². The van der Waals surface area contributed by atoms with Crippen molar-refractivity contribution >= 4 is 21.8 Å². The molecule has 0 unspecified atom stereocenters. The fourth-order valence-corrected chi connectivity index (χ4v) is 3.16. The number of nitrogens with one attached hydrogen (secondary N) is 1. The van der Waals surface area contributed by atoms with Crippen LogP contribution in [0.1, 0.15) is 15.9 Å². The Morgan fingerprint density at radius 2 is 1.91 bits per heavy atom. The molecule has 1 saturated heterocycles. The van der Waals surface area contributed by atoms with E-state index in [2.05, 4.69) is 45.2 Å². The molecule has 1 fully saturated rings. The van der Waals surface area contributed by atoms with Gasteiger partial charge in [-0.3, -0.25) is 9.78 Å². The second-order valence-corrected chi connectivity index (χ2v) is 6.51. The van der Waals surface area contributed by atoms with E-state index in [1.165, 1.54) is 10.5 Å². The van der Waals surface area contributed by atoms with Crippen LogP contribution in [-0.2, 0) is 6.54 Å². The lowest BCUT2D eigenvalue weighted by atomic mass is 10.2. The second-order valence-electron chi connectivity index (χ2n) is 5.60. The summed E-state index contributed by atoms with van der Waals surface area (Å²) in [6.07, 6.45) is 3.33. The van der Waals surface area contributed by atoms with Gasteiger partial charge in [-0.1, -0.05) is 30.3 Å². The van der Waals surface area contributed by atoms with Crippen LogP contribution in [0.15, 0.2) is 53.3 Å². The van der Waals surface area contributed by atoms with Gasteiger partial charge < -0.3 is 9.80 Å². The Morgan fingerprint density at radius 3 is 2.59 bits per heavy atom. The van der Waals surface area contributed by atoms with E-state index in [-0.39, 0.29) is 5.91 Å². The first-order chi connectivity index (χ1) is 10.7. The van der Waals surface area contributed by atoms with Gasteiger partial charge in [0, 0.05) is 22.4 Å². The van der Waals surface area contributed by atoms with Gasteiger partial charge in [-0.2, -0.15) is 0 Å². The van der Waals surface area contributed by atoms with Crippen LogP contribution in [0.25, 0.3) is 0 Å². The first-order valence-electron chi connectivity index (χ1n) is 7.50. The Bertz CT molecular complexity index is 639. The van der Waals surface area contributed by atoms with Crippen LogP contribution in [-0.4, -0.2) is 42.0 Å². The van der Waals surface area contributed by atoms with E-state index >= 15 is 0 Å². The predicted molar refractivity (Wildman–Crippen MR) is 88.7 cm³/mol. The summed E-state index contributed by atoms with van der Waals surface area (Å²) < 4.78 is 0.840. The predicted octanol–water partition coefficient (Wildman–Crippen LogP) is 1.38. The molecule has 0 radical (unpaired) electrons. The summed E-state index contributed by atoms with van der Waals surface area (Å²) in [6, 6.07) is 12.4. The number of quaternary nitrogens is 1. The average molecular weight is 361 g/mol. The molecule has 0 spiro atoms. The van der Waals surface area contributed by atoms with Crippen LogP contribution >= 0.6 is 15.9 Å². The first-order valence-corrected chi connectivity index (χ1v) is 8.29. The van der Waals surface area contributed by atoms with Gasteiger partial charge in [0.05, 0.1) is 31.7 Å². The molecule has 1 aliphatic heterocycles. The lowest BCUT2D eigenvalue weighted by Gasteiger charge is -2.32. The van der Waals surface area contributed by atoms with Gasteiger partial charge in [-0.25, -0.2) is 0 Å². The molecule has 0 saturated carbocycles. The van der Waals surface area contributed by atoms with Crippen molar-refractivity contribution < 1.29 is 9.69 Å². The van der Waals surface area contributed by atoms with Crippen LogP contribution < -0.4 is 4.90 Å². The number of aromatic nitrogens is 1. The number of carbonyl (C=O) groups excluding carboxylic acids is 1. The molecule has 1 aliphatic rings. The van der Waals surface area contributed by atoms with Gasteiger partial charge in [0.15, 0.2) is 0 Å². The van der Waals surface area contributed by atoms with Crippen molar-refractivity contribution in [1.29, 1.82) is 0 Å². The molecular formula is C17H19BrN3O+. The highest BCUT2D eigenvalue weighted by atomic mass is 79.9. The highest BCUT2D eigenvalue weighted by Gasteiger charge is 2.24. The molecule has 1 aromatic carbocycles. The van der Waals surface area contributed by atoms with Crippen LogP contribution in [0.4, 0.5) is 0 Å². The smallest absolute Gasteiger partial charge is 0.255 e. The Balaban J connectivity index is 1.56. The van der Waals surface area contributed by atoms with E-state index in [4.69, 9.17) is 0 Å². The van der Waals surface area contributed by atoms with Crippen molar-refractivity contribution in [3.8, 4) is 0 Å². The van der Waals surface area contributed by atoms with E-state index in [1.807, 2.05) is 17.0 Å². The number of amides is 1. The van der Waals surface area contributed by atoms with Gasteiger partial charge in [0.1, 0.15) is 6.54 Å². The Kier molecular flexibility index (Phi) is 4.85. The minimum atomic E-state index is 0.0764. The van der Waals surface area contributed by atoms with E-state index in [0.717, 1.165) is 37.2 Å². The van der Waals surface area contributed by atoms with Gasteiger partial charge >= 0.3 is 0 Å². The Hall–Kier alpha value is -1.72. The molecule has 22 heavy (non-hydrogen) atoms. The second kappa shape index (κ2) is 7.03. The number of halogens is 1. The fraction of sp³-hybridized carbons (Fsp3) is 0.294. The maximum Gasteiger partial charge on any atom is 0.255 e. The van der Waals surface area contributed by atoms with E-state index in [0.29, 0.717) is 5.56 Å². The van der Waals surface area contributed by atoms with Crippen LogP contribution in [0.2, 0.25) is 0 Å². The van der Waals surface area contributed by atoms with Crippen molar-refractivity contribution in [3.05, 3.63) is 64.4 Å². The van der Waals surface area contributed by atoms with Crippen molar-refractivity contribution in [1.82, 2.24) is 9.88 Å². The van der Waals surface area contributed by atoms with Crippen LogP contribution in [0.3, 0.4) is 0 Å². The number of benzene rings is 1. The molecule has 0 bridgehead atoms. The average Bonchev–Trinajstić information content (AvgIpc) is 2.56. The van der Waals surface area contributed by atoms with Gasteiger partial charge in [0.25, 0.3) is 5.91 Å². The molecule has 0 aliphatic carbocycles. The number of hydrogen-bond acceptors (Lipinski definition) is 2. The minimum absolute atomic E-state index is 0.0764. The molecule has 5 heteroatoms. The molecule has 3 rings (SSSR count). The number of hydrogen-bond donors (Lipinski definition) is 1. The van der Waals surface area contributed by atoms with Crippen molar-refractivity contribution in [2.45, 2.75) is 6.54 Å². The highest BCUT2D eigenvalue weighted by Crippen LogP contribution is 2.11. The number of nitrogens with zero attached hydrogens (tertiary/aromatic N) is 2. The minimum Gasteiger partial charge on any atom is -0.328 e. The van der Waals surface area contributed by atoms with Gasteiger partial charge in [-0.05, 0) is 22.0 Å². The zero-order valence-corrected chi connectivity index (χ0v) is 13.9. The van der Waals surface area contributed by atoms with E-state index in [1.54, 1.807) is 12.4 Å². The lowest BCUT2D eigenvalue weighted by molar-refractivity contribution is -0.917. The normalized spacial score (nSPS) is 15.8. The maximum atomic E-state index is 12.5. The fourth-order valence-electron chi connectivity index (χ4n) is 2.80. The molecule has 1 amide bonds. The van der Waals surface area contributed by atoms with Crippen molar-refractivity contribution in [2.75, 3.05) is 26.2 Å². The topological polar surface area (TPSA) is 37.6 Å². The molecule has 4 nitrogen and oxygen atoms in total. The summed E-state index contributed by atoms with van der Waals surface area (Å²) in [5.41, 5.74) is 2.01. The van der Waals surface area contributed by atoms with Gasteiger partial charge in [0.2, 0.25) is 0 Å². The molecular weight excluding hydrogens is 342 g/mol. The zero-order valence-electron chi connectivity index (χ0n) is 12.3. The molecule has 1 aromatic heterocycles. The third-order valence-corrected chi connectivity index (χ3v) is 4.44. The Labute approximate surface area is 138 Å². The largest absolute Gasteiger partial charge is 0.328 e. The standard InChI is InChI=1S/C17H18BrN3O/c18-16-10-15(11-19-12-16)17(22)21-8-6-20(7-9-21)13-14-4-2-1-3-5-14/h1-5,10-12H,6-9,13H2/p+1. The maximum absolute atomic E-state index is 12.5. The number of carbonyl (C=O) groups is 1. The number of piperazine rings is 1. The third kappa shape index (κ3) is 3.72. The summed E-state index contributed by atoms with van der Waals surface area (Å²) in [7, 11) is 0. The molecule has 0 atom stereocenters. The molecule has 1 N–H and O–H groups in total. The summed E-state index contributed by atoms with van der Waals surface area (Å²) in [4.78, 5) is 20.0. The summed E-state index contributed by atoms with van der Waals surface area (Å²) >= 11 is 3.36. The van der Waals surface area contributed by atoms with Crippen LogP contribution in [0, 0.1) is 0 Å². The first kappa shape index (κ1) is 15.2. The van der Waals surface area contributed by atoms with E-state index in [9.17, 15) is 4.79 Å². The monoisotopic (exact) mass is 360 g/mol. The quantitative estimate of drug-likeness (QED) is 0.897. The molecule has 2 heterocycles. The highest BCUT2D eigenvalue weighted by molar-refractivity contribution is 9.10.